The number of hydrogen-bond donors (Lipinski definition) is 1. The molecule has 2 aliphatic carbocycles. The normalized spacial score (nSPS) is 37.6. The first-order chi connectivity index (χ1) is 15.3. The van der Waals surface area contributed by atoms with E-state index in [-0.39, 0.29) is 17.2 Å². The molecule has 0 aromatic rings. The maximum Gasteiger partial charge on any atom is 0.409 e. The standard InChI is InChI=1S/C21H35N3O3/c1-3-27-19(26)24-12-9-21(15-24)13-17(14-21)23-10-5-16(6-11-23)18(25)22-20(2)7-4-8-20/h16-17H,3-15H2,1-2H3,(H,22,25)/t17-,21-/i1D3,2D3. The summed E-state index contributed by atoms with van der Waals surface area (Å²) in [5.74, 6) is -0.248. The van der Waals surface area contributed by atoms with Gasteiger partial charge in [-0.2, -0.15) is 0 Å². The molecule has 0 aromatic carbocycles. The van der Waals surface area contributed by atoms with Crippen LogP contribution in [0.2, 0.25) is 0 Å². The molecule has 4 fully saturated rings. The Morgan fingerprint density at radius 1 is 1.19 bits per heavy atom. The van der Waals surface area contributed by atoms with Crippen LogP contribution in [-0.4, -0.2) is 66.2 Å². The first-order valence-corrected chi connectivity index (χ1v) is 10.3. The fourth-order valence-electron chi connectivity index (χ4n) is 5.30. The average molecular weight is 384 g/mol. The second-order valence-electron chi connectivity index (χ2n) is 9.02. The minimum Gasteiger partial charge on any atom is -0.450 e. The van der Waals surface area contributed by atoms with E-state index in [2.05, 4.69) is 10.2 Å². The van der Waals surface area contributed by atoms with E-state index in [0.717, 1.165) is 51.6 Å². The van der Waals surface area contributed by atoms with Gasteiger partial charge in [-0.05, 0) is 83.6 Å². The number of nitrogens with zero attached hydrogens (tertiary/aromatic N) is 2. The van der Waals surface area contributed by atoms with Crippen LogP contribution in [0.25, 0.3) is 0 Å². The fourth-order valence-corrected chi connectivity index (χ4v) is 5.30. The second-order valence-corrected chi connectivity index (χ2v) is 9.02. The molecule has 152 valence electrons. The molecular weight excluding hydrogens is 342 g/mol. The highest BCUT2D eigenvalue weighted by atomic mass is 16.6. The average Bonchev–Trinajstić information content (AvgIpc) is 3.12. The van der Waals surface area contributed by atoms with Crippen LogP contribution in [0.4, 0.5) is 4.79 Å². The molecule has 2 aliphatic heterocycles. The zero-order valence-electron chi connectivity index (χ0n) is 22.0. The van der Waals surface area contributed by atoms with Gasteiger partial charge in [0.2, 0.25) is 5.91 Å². The Morgan fingerprint density at radius 3 is 2.59 bits per heavy atom. The Kier molecular flexibility index (Phi) is 3.50. The van der Waals surface area contributed by atoms with Crippen LogP contribution in [0.3, 0.4) is 0 Å². The van der Waals surface area contributed by atoms with Crippen molar-refractivity contribution >= 4 is 12.0 Å². The van der Waals surface area contributed by atoms with Crippen molar-refractivity contribution in [2.75, 3.05) is 32.8 Å². The van der Waals surface area contributed by atoms with E-state index in [4.69, 9.17) is 13.0 Å². The molecule has 0 unspecified atom stereocenters. The van der Waals surface area contributed by atoms with Gasteiger partial charge in [0.15, 0.2) is 0 Å². The Labute approximate surface area is 171 Å². The maximum absolute atomic E-state index is 12.8. The van der Waals surface area contributed by atoms with E-state index in [0.29, 0.717) is 32.0 Å². The minimum atomic E-state index is -2.27. The third-order valence-electron chi connectivity index (χ3n) is 7.22. The minimum absolute atomic E-state index is 0.0915. The molecule has 4 rings (SSSR count). The first-order valence-electron chi connectivity index (χ1n) is 13.3. The summed E-state index contributed by atoms with van der Waals surface area (Å²) in [6.45, 7) is -2.14. The third kappa shape index (κ3) is 3.82. The van der Waals surface area contributed by atoms with Crippen LogP contribution in [0.15, 0.2) is 0 Å². The van der Waals surface area contributed by atoms with Crippen LogP contribution in [0.1, 0.15) is 73.3 Å². The zero-order valence-corrected chi connectivity index (χ0v) is 16.0. The van der Waals surface area contributed by atoms with Crippen molar-refractivity contribution in [3.63, 3.8) is 0 Å². The Morgan fingerprint density at radius 2 is 1.96 bits per heavy atom. The SMILES string of the molecule is [2H]C([2H])([2H])COC(=O)N1CC[C@]2(C1)C[C@H](N1CCC(C(=O)NC3(C([2H])([2H])[2H])CCC3)CC1)C2. The summed E-state index contributed by atoms with van der Waals surface area (Å²) >= 11 is 0. The summed E-state index contributed by atoms with van der Waals surface area (Å²) in [6, 6.07) is 0.438. The lowest BCUT2D eigenvalue weighted by Gasteiger charge is -2.51. The molecule has 2 saturated heterocycles. The lowest BCUT2D eigenvalue weighted by atomic mass is 9.64. The molecule has 1 N–H and O–H groups in total. The number of carbonyl (C=O) groups is 2. The van der Waals surface area contributed by atoms with E-state index in [1.807, 2.05) is 0 Å². The van der Waals surface area contributed by atoms with E-state index in [1.54, 1.807) is 4.90 Å². The van der Waals surface area contributed by atoms with Crippen molar-refractivity contribution in [1.82, 2.24) is 15.1 Å². The van der Waals surface area contributed by atoms with Gasteiger partial charge in [0.05, 0.1) is 6.61 Å². The molecule has 2 amide bonds. The monoisotopic (exact) mass is 383 g/mol. The van der Waals surface area contributed by atoms with Crippen molar-refractivity contribution in [3.8, 4) is 0 Å². The molecular formula is C21H35N3O3. The van der Waals surface area contributed by atoms with E-state index in [1.165, 1.54) is 0 Å². The van der Waals surface area contributed by atoms with Crippen LogP contribution in [0.5, 0.6) is 0 Å². The van der Waals surface area contributed by atoms with E-state index >= 15 is 0 Å². The van der Waals surface area contributed by atoms with Gasteiger partial charge in [0.25, 0.3) is 0 Å². The molecule has 0 bridgehead atoms. The predicted molar refractivity (Wildman–Crippen MR) is 103 cm³/mol. The molecule has 0 radical (unpaired) electrons. The summed E-state index contributed by atoms with van der Waals surface area (Å²) in [5, 5.41) is 2.88. The molecule has 6 heteroatoms. The zero-order chi connectivity index (χ0) is 24.1. The Bertz CT molecular complexity index is 753. The molecule has 4 aliphatic rings. The molecule has 0 atom stereocenters. The number of amides is 2. The van der Waals surface area contributed by atoms with Gasteiger partial charge in [-0.25, -0.2) is 4.79 Å². The summed E-state index contributed by atoms with van der Waals surface area (Å²) in [6.07, 6.45) is 5.72. The van der Waals surface area contributed by atoms with Gasteiger partial charge >= 0.3 is 6.09 Å². The van der Waals surface area contributed by atoms with Gasteiger partial charge in [-0.3, -0.25) is 4.79 Å². The molecule has 1 spiro atoms. The van der Waals surface area contributed by atoms with Crippen molar-refractivity contribution in [1.29, 1.82) is 0 Å². The highest BCUT2D eigenvalue weighted by Crippen LogP contribution is 2.50. The highest BCUT2D eigenvalue weighted by Gasteiger charge is 2.51. The number of ether oxygens (including phenoxy) is 1. The van der Waals surface area contributed by atoms with Crippen molar-refractivity contribution < 1.29 is 22.6 Å². The summed E-state index contributed by atoms with van der Waals surface area (Å²) < 4.78 is 49.8. The summed E-state index contributed by atoms with van der Waals surface area (Å²) in [4.78, 5) is 29.0. The lowest BCUT2D eigenvalue weighted by molar-refractivity contribution is -0.130. The largest absolute Gasteiger partial charge is 0.450 e. The fraction of sp³-hybridized carbons (Fsp3) is 0.905. The van der Waals surface area contributed by atoms with Gasteiger partial charge in [-0.1, -0.05) is 0 Å². The van der Waals surface area contributed by atoms with E-state index in [9.17, 15) is 9.59 Å². The second kappa shape index (κ2) is 7.26. The molecule has 6 nitrogen and oxygen atoms in total. The Hall–Kier alpha value is -1.30. The number of likely N-dealkylation sites (tertiary alicyclic amines) is 2. The van der Waals surface area contributed by atoms with Crippen molar-refractivity contribution in [3.05, 3.63) is 0 Å². The first kappa shape index (κ1) is 13.0. The van der Waals surface area contributed by atoms with E-state index < -0.39 is 31.9 Å². The molecule has 2 saturated carbocycles. The summed E-state index contributed by atoms with van der Waals surface area (Å²) in [5.41, 5.74) is -0.936. The van der Waals surface area contributed by atoms with Crippen LogP contribution >= 0.6 is 0 Å². The molecule has 0 aromatic heterocycles. The molecule has 2 heterocycles. The lowest BCUT2D eigenvalue weighted by Crippen LogP contribution is -2.56. The number of hydrogen-bond acceptors (Lipinski definition) is 4. The third-order valence-corrected chi connectivity index (χ3v) is 7.22. The van der Waals surface area contributed by atoms with Crippen LogP contribution < -0.4 is 5.32 Å². The number of nitrogens with one attached hydrogen (secondary N) is 1. The highest BCUT2D eigenvalue weighted by molar-refractivity contribution is 5.79. The topological polar surface area (TPSA) is 61.9 Å². The van der Waals surface area contributed by atoms with Gasteiger partial charge in [-0.15, -0.1) is 0 Å². The number of piperidine rings is 1. The number of rotatable bonds is 4. The predicted octanol–water partition coefficient (Wildman–Crippen LogP) is 2.77. The van der Waals surface area contributed by atoms with Crippen molar-refractivity contribution in [2.45, 2.75) is 76.7 Å². The Balaban J connectivity index is 1.19. The van der Waals surface area contributed by atoms with Crippen LogP contribution in [-0.2, 0) is 9.53 Å². The smallest absolute Gasteiger partial charge is 0.409 e. The quantitative estimate of drug-likeness (QED) is 0.811. The summed E-state index contributed by atoms with van der Waals surface area (Å²) in [7, 11) is 0. The van der Waals surface area contributed by atoms with Crippen molar-refractivity contribution in [2.24, 2.45) is 11.3 Å². The van der Waals surface area contributed by atoms with Crippen LogP contribution in [0, 0.1) is 11.3 Å². The number of carbonyl (C=O) groups excluding carboxylic acids is 2. The van der Waals surface area contributed by atoms with Gasteiger partial charge in [0.1, 0.15) is 0 Å². The maximum atomic E-state index is 12.8. The van der Waals surface area contributed by atoms with Gasteiger partial charge in [0, 0.05) is 38.8 Å². The molecule has 27 heavy (non-hydrogen) atoms. The van der Waals surface area contributed by atoms with Gasteiger partial charge < -0.3 is 19.9 Å².